The van der Waals surface area contributed by atoms with Crippen LogP contribution in [-0.4, -0.2) is 34.5 Å². The number of guanidine groups is 1. The number of rotatable bonds is 4. The molecule has 1 aliphatic carbocycles. The van der Waals surface area contributed by atoms with Gasteiger partial charge in [-0.05, 0) is 39.7 Å². The Balaban J connectivity index is 1.98. The largest absolute Gasteiger partial charge is 0.472 e. The zero-order valence-electron chi connectivity index (χ0n) is 12.8. The van der Waals surface area contributed by atoms with Crippen LogP contribution in [0.25, 0.3) is 0 Å². The van der Waals surface area contributed by atoms with Crippen LogP contribution in [0.3, 0.4) is 0 Å². The Morgan fingerprint density at radius 2 is 2.15 bits per heavy atom. The summed E-state index contributed by atoms with van der Waals surface area (Å²) in [4.78, 5) is 10.9. The molecule has 1 saturated carbocycles. The number of aliphatic imine (C=N–C) groups is 1. The van der Waals surface area contributed by atoms with Crippen LogP contribution < -0.4 is 10.5 Å². The summed E-state index contributed by atoms with van der Waals surface area (Å²) in [5.41, 5.74) is 6.57. The van der Waals surface area contributed by atoms with Crippen molar-refractivity contribution in [2.75, 3.05) is 7.05 Å². The number of ether oxygens (including phenoxy) is 1. The predicted molar refractivity (Wildman–Crippen MR) is 80.7 cm³/mol. The molecule has 1 aromatic heterocycles. The molecule has 0 radical (unpaired) electrons. The minimum absolute atomic E-state index is 0.250. The van der Waals surface area contributed by atoms with Crippen molar-refractivity contribution in [2.45, 2.75) is 51.8 Å². The number of pyridine rings is 1. The highest BCUT2D eigenvalue weighted by molar-refractivity contribution is 5.78. The zero-order valence-corrected chi connectivity index (χ0v) is 12.8. The topological polar surface area (TPSA) is 63.7 Å². The molecule has 5 heteroatoms. The van der Waals surface area contributed by atoms with Crippen LogP contribution in [0.2, 0.25) is 0 Å². The molecule has 110 valence electrons. The van der Waals surface area contributed by atoms with Gasteiger partial charge in [0.1, 0.15) is 5.60 Å². The first-order valence-corrected chi connectivity index (χ1v) is 7.03. The first-order valence-electron chi connectivity index (χ1n) is 7.03. The van der Waals surface area contributed by atoms with Crippen molar-refractivity contribution in [2.24, 2.45) is 10.7 Å². The maximum atomic E-state index is 5.96. The van der Waals surface area contributed by atoms with Gasteiger partial charge in [-0.15, -0.1) is 0 Å². The van der Waals surface area contributed by atoms with Crippen LogP contribution in [0, 0.1) is 0 Å². The highest BCUT2D eigenvalue weighted by Crippen LogP contribution is 2.25. The predicted octanol–water partition coefficient (Wildman–Crippen LogP) is 2.17. The van der Waals surface area contributed by atoms with E-state index in [-0.39, 0.29) is 5.60 Å². The van der Waals surface area contributed by atoms with Gasteiger partial charge < -0.3 is 15.4 Å². The van der Waals surface area contributed by atoms with E-state index in [0.29, 0.717) is 24.4 Å². The van der Waals surface area contributed by atoms with Crippen LogP contribution >= 0.6 is 0 Å². The molecule has 1 fully saturated rings. The van der Waals surface area contributed by atoms with Crippen LogP contribution in [-0.2, 0) is 6.54 Å². The van der Waals surface area contributed by atoms with Crippen LogP contribution in [0.15, 0.2) is 23.2 Å². The molecule has 20 heavy (non-hydrogen) atoms. The Morgan fingerprint density at radius 1 is 1.45 bits per heavy atom. The number of hydrogen-bond donors (Lipinski definition) is 1. The normalized spacial score (nSPS) is 16.1. The summed E-state index contributed by atoms with van der Waals surface area (Å²) in [6.45, 7) is 6.48. The molecule has 0 amide bonds. The summed E-state index contributed by atoms with van der Waals surface area (Å²) < 4.78 is 5.74. The summed E-state index contributed by atoms with van der Waals surface area (Å²) in [5, 5.41) is 0. The lowest BCUT2D eigenvalue weighted by Crippen LogP contribution is -2.35. The van der Waals surface area contributed by atoms with E-state index < -0.39 is 0 Å². The third-order valence-electron chi connectivity index (χ3n) is 3.05. The van der Waals surface area contributed by atoms with Gasteiger partial charge in [0, 0.05) is 19.2 Å². The lowest BCUT2D eigenvalue weighted by atomic mass is 10.2. The van der Waals surface area contributed by atoms with Gasteiger partial charge in [-0.25, -0.2) is 9.98 Å². The van der Waals surface area contributed by atoms with Gasteiger partial charge in [0.2, 0.25) is 5.88 Å². The van der Waals surface area contributed by atoms with Crippen molar-refractivity contribution in [1.29, 1.82) is 0 Å². The molecule has 0 unspecified atom stereocenters. The molecule has 0 spiro atoms. The lowest BCUT2D eigenvalue weighted by Gasteiger charge is -2.20. The standard InChI is InChI=1S/C15H24N4O/c1-15(2,3)20-13-7-5-6-11(18-13)10-17-14(16)19(4)12-8-9-12/h5-7,12H,8-10H2,1-4H3,(H2,16,17). The molecule has 2 rings (SSSR count). The molecular formula is C15H24N4O. The second kappa shape index (κ2) is 5.69. The minimum Gasteiger partial charge on any atom is -0.472 e. The van der Waals surface area contributed by atoms with Gasteiger partial charge in [0.25, 0.3) is 0 Å². The third kappa shape index (κ3) is 4.40. The molecule has 0 atom stereocenters. The number of hydrogen-bond acceptors (Lipinski definition) is 3. The van der Waals surface area contributed by atoms with E-state index in [2.05, 4.69) is 9.98 Å². The quantitative estimate of drug-likeness (QED) is 0.676. The van der Waals surface area contributed by atoms with Gasteiger partial charge in [0.15, 0.2) is 5.96 Å². The fourth-order valence-corrected chi connectivity index (χ4v) is 1.84. The monoisotopic (exact) mass is 276 g/mol. The third-order valence-corrected chi connectivity index (χ3v) is 3.05. The summed E-state index contributed by atoms with van der Waals surface area (Å²) in [6, 6.07) is 6.30. The lowest BCUT2D eigenvalue weighted by molar-refractivity contribution is 0.124. The Morgan fingerprint density at radius 3 is 2.75 bits per heavy atom. The molecule has 0 saturated heterocycles. The summed E-state index contributed by atoms with van der Waals surface area (Å²) in [5.74, 6) is 1.20. The van der Waals surface area contributed by atoms with E-state index in [0.717, 1.165) is 5.69 Å². The van der Waals surface area contributed by atoms with Crippen LogP contribution in [0.4, 0.5) is 0 Å². The van der Waals surface area contributed by atoms with Gasteiger partial charge >= 0.3 is 0 Å². The summed E-state index contributed by atoms with van der Waals surface area (Å²) >= 11 is 0. The van der Waals surface area contributed by atoms with E-state index in [4.69, 9.17) is 10.5 Å². The van der Waals surface area contributed by atoms with Crippen molar-refractivity contribution in [3.05, 3.63) is 23.9 Å². The highest BCUT2D eigenvalue weighted by Gasteiger charge is 2.27. The van der Waals surface area contributed by atoms with Crippen molar-refractivity contribution in [1.82, 2.24) is 9.88 Å². The van der Waals surface area contributed by atoms with E-state index >= 15 is 0 Å². The highest BCUT2D eigenvalue weighted by atomic mass is 16.5. The SMILES string of the molecule is CN(C(N)=NCc1cccc(OC(C)(C)C)n1)C1CC1. The van der Waals surface area contributed by atoms with Crippen molar-refractivity contribution in [3.63, 3.8) is 0 Å². The van der Waals surface area contributed by atoms with Crippen molar-refractivity contribution < 1.29 is 4.74 Å². The second-order valence-corrected chi connectivity index (χ2v) is 6.20. The summed E-state index contributed by atoms with van der Waals surface area (Å²) in [6.07, 6.45) is 2.42. The molecular weight excluding hydrogens is 252 g/mol. The molecule has 1 aromatic rings. The van der Waals surface area contributed by atoms with Crippen molar-refractivity contribution in [3.8, 4) is 5.88 Å². The van der Waals surface area contributed by atoms with Gasteiger partial charge in [-0.1, -0.05) is 6.07 Å². The van der Waals surface area contributed by atoms with Crippen molar-refractivity contribution >= 4 is 5.96 Å². The maximum absolute atomic E-state index is 5.96. The van der Waals surface area contributed by atoms with Gasteiger partial charge in [-0.2, -0.15) is 0 Å². The first-order chi connectivity index (χ1) is 9.35. The fourth-order valence-electron chi connectivity index (χ4n) is 1.84. The molecule has 1 heterocycles. The van der Waals surface area contributed by atoms with Crippen LogP contribution in [0.5, 0.6) is 5.88 Å². The molecule has 2 N–H and O–H groups in total. The van der Waals surface area contributed by atoms with Crippen LogP contribution in [0.1, 0.15) is 39.3 Å². The van der Waals surface area contributed by atoms with E-state index in [1.165, 1.54) is 12.8 Å². The van der Waals surface area contributed by atoms with E-state index in [9.17, 15) is 0 Å². The average Bonchev–Trinajstić information content (AvgIpc) is 3.17. The molecule has 1 aliphatic rings. The maximum Gasteiger partial charge on any atom is 0.214 e. The smallest absolute Gasteiger partial charge is 0.214 e. The van der Waals surface area contributed by atoms with E-state index in [1.807, 2.05) is 50.9 Å². The van der Waals surface area contributed by atoms with Gasteiger partial charge in [-0.3, -0.25) is 0 Å². The van der Waals surface area contributed by atoms with Gasteiger partial charge in [0.05, 0.1) is 12.2 Å². The average molecular weight is 276 g/mol. The Kier molecular flexibility index (Phi) is 4.16. The summed E-state index contributed by atoms with van der Waals surface area (Å²) in [7, 11) is 1.99. The minimum atomic E-state index is -0.250. The molecule has 5 nitrogen and oxygen atoms in total. The Hall–Kier alpha value is -1.78. The molecule has 0 aliphatic heterocycles. The first kappa shape index (κ1) is 14.6. The fraction of sp³-hybridized carbons (Fsp3) is 0.600. The second-order valence-electron chi connectivity index (χ2n) is 6.20. The number of aromatic nitrogens is 1. The zero-order chi connectivity index (χ0) is 14.8. The number of nitrogens with two attached hydrogens (primary N) is 1. The Bertz CT molecular complexity index is 489. The molecule has 0 bridgehead atoms. The van der Waals surface area contributed by atoms with E-state index in [1.54, 1.807) is 0 Å². The molecule has 0 aromatic carbocycles. The Labute approximate surface area is 120 Å². The number of nitrogens with zero attached hydrogens (tertiary/aromatic N) is 3.